The number of carboxylic acids is 1. The molecule has 1 unspecified atom stereocenters. The Morgan fingerprint density at radius 3 is 2.41 bits per heavy atom. The van der Waals surface area contributed by atoms with Crippen LogP contribution in [0.5, 0.6) is 0 Å². The van der Waals surface area contributed by atoms with Crippen molar-refractivity contribution in [1.82, 2.24) is 4.72 Å². The number of sulfonamides is 1. The Hall–Kier alpha value is -2.74. The molecule has 1 atom stereocenters. The van der Waals surface area contributed by atoms with E-state index in [2.05, 4.69) is 4.72 Å². The smallest absolute Gasteiger partial charge is 0.337 e. The van der Waals surface area contributed by atoms with E-state index in [4.69, 9.17) is 4.74 Å². The van der Waals surface area contributed by atoms with Gasteiger partial charge in [-0.05, 0) is 66.8 Å². The minimum atomic E-state index is -3.34. The van der Waals surface area contributed by atoms with Crippen molar-refractivity contribution in [2.75, 3.05) is 6.26 Å². The summed E-state index contributed by atoms with van der Waals surface area (Å²) in [6.45, 7) is 7.53. The molecule has 0 aliphatic heterocycles. The monoisotopic (exact) mass is 455 g/mol. The molecule has 0 aromatic heterocycles. The predicted molar refractivity (Wildman–Crippen MR) is 127 cm³/mol. The van der Waals surface area contributed by atoms with Gasteiger partial charge in [0.2, 0.25) is 10.0 Å². The van der Waals surface area contributed by atoms with Crippen LogP contribution in [0.25, 0.3) is 21.9 Å². The molecule has 170 valence electrons. The first-order valence-corrected chi connectivity index (χ1v) is 12.2. The topological polar surface area (TPSA) is 92.7 Å². The summed E-state index contributed by atoms with van der Waals surface area (Å²) in [6, 6.07) is 17.3. The summed E-state index contributed by atoms with van der Waals surface area (Å²) in [5, 5.41) is 12.0. The van der Waals surface area contributed by atoms with Gasteiger partial charge in [-0.3, -0.25) is 0 Å². The first-order valence-electron chi connectivity index (χ1n) is 10.3. The van der Waals surface area contributed by atoms with E-state index >= 15 is 0 Å². The SMILES string of the molecule is Cc1cc2ccccc2c(-c2cccc(CNS(C)(=O)=O)c2)c1C(OC(C)(C)C)C(=O)O. The standard InChI is InChI=1S/C25H29NO5S/c1-16-13-18-10-6-7-12-20(18)22(21(16)23(24(27)28)31-25(2,3)4)19-11-8-9-17(14-19)15-26-32(5,29)30/h6-14,23,26H,15H2,1-5H3,(H,27,28). The van der Waals surface area contributed by atoms with Crippen molar-refractivity contribution in [3.63, 3.8) is 0 Å². The van der Waals surface area contributed by atoms with Gasteiger partial charge in [-0.15, -0.1) is 0 Å². The van der Waals surface area contributed by atoms with Crippen LogP contribution in [-0.4, -0.2) is 31.4 Å². The second-order valence-corrected chi connectivity index (χ2v) is 10.8. The van der Waals surface area contributed by atoms with Crippen LogP contribution < -0.4 is 4.72 Å². The van der Waals surface area contributed by atoms with Crippen molar-refractivity contribution < 1.29 is 23.1 Å². The number of hydrogen-bond acceptors (Lipinski definition) is 4. The van der Waals surface area contributed by atoms with Gasteiger partial charge in [-0.1, -0.05) is 48.5 Å². The van der Waals surface area contributed by atoms with E-state index in [1.807, 2.05) is 82.3 Å². The molecular weight excluding hydrogens is 426 g/mol. The fourth-order valence-electron chi connectivity index (χ4n) is 3.79. The van der Waals surface area contributed by atoms with Gasteiger partial charge in [0.15, 0.2) is 6.10 Å². The van der Waals surface area contributed by atoms with Crippen molar-refractivity contribution in [1.29, 1.82) is 0 Å². The molecule has 0 amide bonds. The molecule has 3 rings (SSSR count). The third-order valence-electron chi connectivity index (χ3n) is 5.01. The first kappa shape index (κ1) is 23.9. The number of carbonyl (C=O) groups is 1. The predicted octanol–water partition coefficient (Wildman–Crippen LogP) is 4.81. The van der Waals surface area contributed by atoms with Crippen molar-refractivity contribution in [2.45, 2.75) is 45.9 Å². The number of aliphatic carboxylic acids is 1. The van der Waals surface area contributed by atoms with Crippen molar-refractivity contribution >= 4 is 26.8 Å². The Bertz CT molecular complexity index is 1260. The molecule has 0 fully saturated rings. The molecule has 3 aromatic rings. The van der Waals surface area contributed by atoms with Crippen LogP contribution in [0.3, 0.4) is 0 Å². The van der Waals surface area contributed by atoms with Gasteiger partial charge in [0.05, 0.1) is 11.9 Å². The van der Waals surface area contributed by atoms with Crippen LogP contribution in [-0.2, 0) is 26.1 Å². The van der Waals surface area contributed by atoms with Crippen LogP contribution in [0.2, 0.25) is 0 Å². The lowest BCUT2D eigenvalue weighted by atomic mass is 9.86. The van der Waals surface area contributed by atoms with Crippen LogP contribution in [0.4, 0.5) is 0 Å². The van der Waals surface area contributed by atoms with E-state index in [1.165, 1.54) is 0 Å². The molecule has 7 heteroatoms. The van der Waals surface area contributed by atoms with Crippen LogP contribution in [0.15, 0.2) is 54.6 Å². The highest BCUT2D eigenvalue weighted by atomic mass is 32.2. The molecule has 32 heavy (non-hydrogen) atoms. The summed E-state index contributed by atoms with van der Waals surface area (Å²) < 4.78 is 31.6. The number of rotatable bonds is 7. The second-order valence-electron chi connectivity index (χ2n) is 8.95. The summed E-state index contributed by atoms with van der Waals surface area (Å²) in [4.78, 5) is 12.3. The summed E-state index contributed by atoms with van der Waals surface area (Å²) in [5.74, 6) is -1.06. The van der Waals surface area contributed by atoms with Gasteiger partial charge >= 0.3 is 5.97 Å². The third kappa shape index (κ3) is 5.73. The molecular formula is C25H29NO5S. The largest absolute Gasteiger partial charge is 0.479 e. The zero-order valence-corrected chi connectivity index (χ0v) is 19.8. The number of nitrogens with one attached hydrogen (secondary N) is 1. The minimum absolute atomic E-state index is 0.145. The van der Waals surface area contributed by atoms with Gasteiger partial charge in [0.1, 0.15) is 0 Å². The summed E-state index contributed by atoms with van der Waals surface area (Å²) in [7, 11) is -3.34. The molecule has 0 radical (unpaired) electrons. The highest BCUT2D eigenvalue weighted by Gasteiger charge is 2.31. The molecule has 2 N–H and O–H groups in total. The number of ether oxygens (including phenoxy) is 1. The Balaban J connectivity index is 2.28. The number of fused-ring (bicyclic) bond motifs is 1. The zero-order chi connectivity index (χ0) is 23.7. The lowest BCUT2D eigenvalue weighted by molar-refractivity contribution is -0.160. The first-order chi connectivity index (χ1) is 14.9. The van der Waals surface area contributed by atoms with Crippen LogP contribution in [0, 0.1) is 6.92 Å². The number of aryl methyl sites for hydroxylation is 1. The van der Waals surface area contributed by atoms with Gasteiger partial charge in [-0.25, -0.2) is 17.9 Å². The second kappa shape index (κ2) is 9.02. The quantitative estimate of drug-likeness (QED) is 0.534. The Morgan fingerprint density at radius 2 is 1.78 bits per heavy atom. The van der Waals surface area contributed by atoms with Gasteiger partial charge in [-0.2, -0.15) is 0 Å². The maximum Gasteiger partial charge on any atom is 0.337 e. The Morgan fingerprint density at radius 1 is 1.09 bits per heavy atom. The molecule has 0 saturated heterocycles. The average Bonchev–Trinajstić information content (AvgIpc) is 2.68. The molecule has 0 heterocycles. The van der Waals surface area contributed by atoms with Crippen LogP contribution >= 0.6 is 0 Å². The molecule has 0 saturated carbocycles. The third-order valence-corrected chi connectivity index (χ3v) is 5.68. The molecule has 6 nitrogen and oxygen atoms in total. The molecule has 0 aliphatic carbocycles. The zero-order valence-electron chi connectivity index (χ0n) is 19.0. The molecule has 3 aromatic carbocycles. The van der Waals surface area contributed by atoms with E-state index in [9.17, 15) is 18.3 Å². The van der Waals surface area contributed by atoms with Crippen molar-refractivity contribution in [2.24, 2.45) is 0 Å². The minimum Gasteiger partial charge on any atom is -0.479 e. The van der Waals surface area contributed by atoms with Crippen molar-refractivity contribution in [3.05, 3.63) is 71.3 Å². The lowest BCUT2D eigenvalue weighted by Gasteiger charge is -2.28. The van der Waals surface area contributed by atoms with E-state index < -0.39 is 27.7 Å². The maximum atomic E-state index is 12.3. The fourth-order valence-corrected chi connectivity index (χ4v) is 4.22. The van der Waals surface area contributed by atoms with E-state index in [1.54, 1.807) is 0 Å². The fraction of sp³-hybridized carbons (Fsp3) is 0.320. The molecule has 0 spiro atoms. The Kier molecular flexibility index (Phi) is 6.74. The van der Waals surface area contributed by atoms with E-state index in [0.29, 0.717) is 5.56 Å². The summed E-state index contributed by atoms with van der Waals surface area (Å²) in [5.41, 5.74) is 3.09. The highest BCUT2D eigenvalue weighted by Crippen LogP contribution is 2.40. The van der Waals surface area contributed by atoms with Crippen LogP contribution in [0.1, 0.15) is 43.6 Å². The molecule has 0 bridgehead atoms. The number of carboxylic acid groups (broad SMARTS) is 1. The summed E-state index contributed by atoms with van der Waals surface area (Å²) in [6.07, 6.45) is -0.0444. The normalized spacial score (nSPS) is 13.3. The Labute approximate surface area is 189 Å². The van der Waals surface area contributed by atoms with Gasteiger partial charge in [0.25, 0.3) is 0 Å². The average molecular weight is 456 g/mol. The van der Waals surface area contributed by atoms with E-state index in [-0.39, 0.29) is 6.54 Å². The maximum absolute atomic E-state index is 12.3. The van der Waals surface area contributed by atoms with Gasteiger partial charge < -0.3 is 9.84 Å². The lowest BCUT2D eigenvalue weighted by Crippen LogP contribution is -2.28. The number of benzene rings is 3. The molecule has 0 aliphatic rings. The highest BCUT2D eigenvalue weighted by molar-refractivity contribution is 7.88. The van der Waals surface area contributed by atoms with Crippen molar-refractivity contribution in [3.8, 4) is 11.1 Å². The summed E-state index contributed by atoms with van der Waals surface area (Å²) >= 11 is 0. The number of hydrogen-bond donors (Lipinski definition) is 2. The van der Waals surface area contributed by atoms with Gasteiger partial charge in [0, 0.05) is 12.1 Å². The van der Waals surface area contributed by atoms with E-state index in [0.717, 1.165) is 39.3 Å².